The predicted octanol–water partition coefficient (Wildman–Crippen LogP) is -7.00. The van der Waals surface area contributed by atoms with Crippen molar-refractivity contribution in [2.24, 2.45) is 27.9 Å². The summed E-state index contributed by atoms with van der Waals surface area (Å²) in [6, 6.07) is -9.81. The van der Waals surface area contributed by atoms with Crippen LogP contribution in [0.1, 0.15) is 58.3 Å². The van der Waals surface area contributed by atoms with Crippen LogP contribution in [-0.2, 0) is 38.4 Å². The number of aliphatic carboxylic acids is 1. The Bertz CT molecular complexity index is 1410. The summed E-state index contributed by atoms with van der Waals surface area (Å²) >= 11 is 0. The quantitative estimate of drug-likeness (QED) is 0.0293. The van der Waals surface area contributed by atoms with Gasteiger partial charge < -0.3 is 74.4 Å². The minimum atomic E-state index is -1.64. The molecule has 0 aliphatic carbocycles. The van der Waals surface area contributed by atoms with Crippen LogP contribution >= 0.6 is 0 Å². The number of rotatable bonds is 21. The van der Waals surface area contributed by atoms with Gasteiger partial charge in [-0.2, -0.15) is 0 Å². The lowest BCUT2D eigenvalue weighted by Crippen LogP contribution is -2.61. The molecule has 2 saturated heterocycles. The summed E-state index contributed by atoms with van der Waals surface area (Å²) in [7, 11) is 0. The Balaban J connectivity index is 2.31. The van der Waals surface area contributed by atoms with Gasteiger partial charge in [0.25, 0.3) is 0 Å². The zero-order valence-corrected chi connectivity index (χ0v) is 30.0. The van der Waals surface area contributed by atoms with Crippen molar-refractivity contribution in [3.63, 3.8) is 0 Å². The molecular weight excluding hydrogens is 718 g/mol. The number of nitrogens with zero attached hydrogens (tertiary/aromatic N) is 3. The van der Waals surface area contributed by atoms with Gasteiger partial charge >= 0.3 is 5.97 Å². The van der Waals surface area contributed by atoms with E-state index >= 15 is 0 Å². The molecule has 304 valence electrons. The number of hydrogen-bond acceptors (Lipinski definition) is 13. The van der Waals surface area contributed by atoms with Gasteiger partial charge in [0.05, 0.1) is 19.3 Å². The number of aliphatic hydroxyl groups excluding tert-OH is 3. The number of carboxylic acids is 1. The molecular formula is C31H53N11O12. The maximum absolute atomic E-state index is 13.8. The van der Waals surface area contributed by atoms with E-state index < -0.39 is 122 Å². The van der Waals surface area contributed by atoms with Gasteiger partial charge in [0.2, 0.25) is 41.4 Å². The van der Waals surface area contributed by atoms with Crippen molar-refractivity contribution < 1.29 is 58.8 Å². The standard InChI is InChI=1S/C31H53N11O12/c1-15(45)23(29(52)41-11-3-6-20(41)28(51)42-12-4-7-21(42)30(53)54)40-26(49)17(5-2-10-36-31(34)35)37-25(48)18(8-9-22(33)46)38-27(50)19(14-44)39-24(47)16(32)13-43/h15-21,23,43-45H,2-14,32H2,1H3,(H2,33,46)(H,37,48)(H,38,50)(H,39,47)(H,40,49)(H,53,54)(H4,34,35,36)/t15-,16+,17+,18+,19+,20+,21+,23+/m1/s1. The second-order valence-corrected chi connectivity index (χ2v) is 13.1. The van der Waals surface area contributed by atoms with Gasteiger partial charge in [0.1, 0.15) is 42.3 Å². The number of aliphatic imine (C=N–C) groups is 1. The summed E-state index contributed by atoms with van der Waals surface area (Å²) in [5, 5.41) is 48.3. The van der Waals surface area contributed by atoms with Crippen molar-refractivity contribution in [2.45, 2.75) is 107 Å². The van der Waals surface area contributed by atoms with Crippen molar-refractivity contribution >= 4 is 53.3 Å². The number of hydrogen-bond donors (Lipinski definition) is 12. The van der Waals surface area contributed by atoms with Gasteiger partial charge in [-0.05, 0) is 51.9 Å². The molecule has 0 radical (unpaired) electrons. The molecule has 23 heteroatoms. The van der Waals surface area contributed by atoms with Gasteiger partial charge in [0, 0.05) is 26.1 Å². The van der Waals surface area contributed by atoms with Crippen LogP contribution in [0.2, 0.25) is 0 Å². The van der Waals surface area contributed by atoms with Gasteiger partial charge in [-0.3, -0.25) is 38.6 Å². The molecule has 2 aliphatic heterocycles. The van der Waals surface area contributed by atoms with E-state index in [-0.39, 0.29) is 51.3 Å². The number of carbonyl (C=O) groups is 8. The molecule has 2 heterocycles. The third kappa shape index (κ3) is 13.1. The first kappa shape index (κ1) is 45.0. The van der Waals surface area contributed by atoms with Crippen molar-refractivity contribution in [3.8, 4) is 0 Å². The summed E-state index contributed by atoms with van der Waals surface area (Å²) in [5.41, 5.74) is 21.5. The largest absolute Gasteiger partial charge is 0.480 e. The van der Waals surface area contributed by atoms with Gasteiger partial charge in [-0.25, -0.2) is 4.79 Å². The number of carbonyl (C=O) groups excluding carboxylic acids is 7. The maximum atomic E-state index is 13.8. The van der Waals surface area contributed by atoms with Crippen LogP contribution in [0.5, 0.6) is 0 Å². The Morgan fingerprint density at radius 3 is 1.83 bits per heavy atom. The van der Waals surface area contributed by atoms with Crippen LogP contribution in [-0.4, -0.2) is 165 Å². The van der Waals surface area contributed by atoms with Gasteiger partial charge in [-0.15, -0.1) is 0 Å². The Labute approximate surface area is 310 Å². The zero-order chi connectivity index (χ0) is 40.7. The summed E-state index contributed by atoms with van der Waals surface area (Å²) in [6.45, 7) is -0.219. The fourth-order valence-corrected chi connectivity index (χ4v) is 6.02. The SMILES string of the molecule is C[C@@H](O)[C@H](NC(=O)[C@H](CCCN=C(N)N)NC(=O)[C@H](CCC(N)=O)NC(=O)[C@H](CO)NC(=O)[C@@H](N)CO)C(=O)N1CCC[C@H]1C(=O)N1CCC[C@H]1C(=O)O. The van der Waals surface area contributed by atoms with Crippen LogP contribution < -0.4 is 44.2 Å². The highest BCUT2D eigenvalue weighted by Gasteiger charge is 2.44. The van der Waals surface area contributed by atoms with Crippen LogP contribution in [0.15, 0.2) is 4.99 Å². The molecule has 0 aromatic rings. The first-order valence-corrected chi connectivity index (χ1v) is 17.5. The smallest absolute Gasteiger partial charge is 0.326 e. The highest BCUT2D eigenvalue weighted by Crippen LogP contribution is 2.26. The van der Waals surface area contributed by atoms with Crippen LogP contribution in [0.25, 0.3) is 0 Å². The molecule has 16 N–H and O–H groups in total. The van der Waals surface area contributed by atoms with Crippen LogP contribution in [0.3, 0.4) is 0 Å². The fraction of sp³-hybridized carbons (Fsp3) is 0.710. The summed E-state index contributed by atoms with van der Waals surface area (Å²) in [6.07, 6.45) is -1.05. The number of likely N-dealkylation sites (tertiary alicyclic amines) is 2. The van der Waals surface area contributed by atoms with E-state index in [9.17, 15) is 53.7 Å². The molecule has 8 atom stereocenters. The van der Waals surface area contributed by atoms with E-state index in [2.05, 4.69) is 26.3 Å². The molecule has 0 aromatic heterocycles. The number of aliphatic hydroxyl groups is 3. The van der Waals surface area contributed by atoms with Crippen LogP contribution in [0, 0.1) is 0 Å². The van der Waals surface area contributed by atoms with E-state index in [1.54, 1.807) is 0 Å². The number of guanidine groups is 1. The average molecular weight is 772 g/mol. The fourth-order valence-electron chi connectivity index (χ4n) is 6.02. The number of carboxylic acid groups (broad SMARTS) is 1. The van der Waals surface area contributed by atoms with E-state index in [1.165, 1.54) is 16.7 Å². The van der Waals surface area contributed by atoms with Crippen molar-refractivity contribution in [1.82, 2.24) is 31.1 Å². The molecule has 7 amide bonds. The molecule has 2 rings (SSSR count). The van der Waals surface area contributed by atoms with E-state index in [1.807, 2.05) is 0 Å². The molecule has 0 spiro atoms. The second-order valence-electron chi connectivity index (χ2n) is 13.1. The first-order chi connectivity index (χ1) is 25.4. The third-order valence-electron chi connectivity index (χ3n) is 8.93. The van der Waals surface area contributed by atoms with Gasteiger partial charge in [-0.1, -0.05) is 0 Å². The molecule has 54 heavy (non-hydrogen) atoms. The van der Waals surface area contributed by atoms with E-state index in [0.717, 1.165) is 0 Å². The minimum Gasteiger partial charge on any atom is -0.480 e. The van der Waals surface area contributed by atoms with Crippen molar-refractivity contribution in [3.05, 3.63) is 0 Å². The lowest BCUT2D eigenvalue weighted by atomic mass is 10.0. The molecule has 0 bridgehead atoms. The normalized spacial score (nSPS) is 20.0. The Morgan fingerprint density at radius 1 is 0.759 bits per heavy atom. The number of amides is 7. The van der Waals surface area contributed by atoms with Crippen LogP contribution in [0.4, 0.5) is 0 Å². The molecule has 0 aromatic carbocycles. The first-order valence-electron chi connectivity index (χ1n) is 17.5. The van der Waals surface area contributed by atoms with Crippen molar-refractivity contribution in [1.29, 1.82) is 0 Å². The summed E-state index contributed by atoms with van der Waals surface area (Å²) < 4.78 is 0. The lowest BCUT2D eigenvalue weighted by Gasteiger charge is -2.33. The van der Waals surface area contributed by atoms with Crippen molar-refractivity contribution in [2.75, 3.05) is 32.8 Å². The molecule has 2 fully saturated rings. The monoisotopic (exact) mass is 771 g/mol. The number of nitrogens with one attached hydrogen (secondary N) is 4. The number of primary amides is 1. The number of nitrogens with two attached hydrogens (primary N) is 4. The minimum absolute atomic E-state index is 0.00183. The summed E-state index contributed by atoms with van der Waals surface area (Å²) in [4.78, 5) is 109. The van der Waals surface area contributed by atoms with E-state index in [0.29, 0.717) is 12.8 Å². The zero-order valence-electron chi connectivity index (χ0n) is 30.0. The Kier molecular flexibility index (Phi) is 18.0. The Morgan fingerprint density at radius 2 is 1.30 bits per heavy atom. The molecule has 2 aliphatic rings. The molecule has 23 nitrogen and oxygen atoms in total. The highest BCUT2D eigenvalue weighted by molar-refractivity contribution is 5.97. The van der Waals surface area contributed by atoms with E-state index in [4.69, 9.17) is 28.0 Å². The van der Waals surface area contributed by atoms with Gasteiger partial charge in [0.15, 0.2) is 5.96 Å². The topological polar surface area (TPSA) is 389 Å². The predicted molar refractivity (Wildman–Crippen MR) is 187 cm³/mol. The summed E-state index contributed by atoms with van der Waals surface area (Å²) in [5.74, 6) is -7.73. The molecule has 0 unspecified atom stereocenters. The highest BCUT2D eigenvalue weighted by atomic mass is 16.4. The average Bonchev–Trinajstić information content (AvgIpc) is 3.82. The third-order valence-corrected chi connectivity index (χ3v) is 8.93. The Hall–Kier alpha value is -5.13. The second kappa shape index (κ2) is 21.5. The molecule has 0 saturated carbocycles. The lowest BCUT2D eigenvalue weighted by molar-refractivity contribution is -0.153. The maximum Gasteiger partial charge on any atom is 0.326 e.